The van der Waals surface area contributed by atoms with Crippen molar-refractivity contribution >= 4 is 23.5 Å². The van der Waals surface area contributed by atoms with Gasteiger partial charge in [0, 0.05) is 0 Å². The first kappa shape index (κ1) is 8.66. The molecule has 15 heavy (non-hydrogen) atoms. The molecule has 2 aliphatic rings. The molecule has 0 radical (unpaired) electrons. The monoisotopic (exact) mass is 196 g/mol. The van der Waals surface area contributed by atoms with Crippen LogP contribution in [0.5, 0.6) is 0 Å². The predicted molar refractivity (Wildman–Crippen MR) is 61.5 cm³/mol. The normalized spacial score (nSPS) is 17.9. The number of allylic oxidation sites excluding steroid dienone is 1. The largest absolute Gasteiger partial charge is 0.298 e. The van der Waals surface area contributed by atoms with Crippen LogP contribution in [0.1, 0.15) is 25.3 Å². The number of aldehydes is 1. The smallest absolute Gasteiger partial charge is 0.146 e. The Balaban J connectivity index is 2.29. The van der Waals surface area contributed by atoms with E-state index in [0.29, 0.717) is 0 Å². The summed E-state index contributed by atoms with van der Waals surface area (Å²) in [5.41, 5.74) is 5.16. The van der Waals surface area contributed by atoms with Crippen molar-refractivity contribution in [1.82, 2.24) is 0 Å². The molecular weight excluding hydrogens is 184 g/mol. The number of carbonyl (C=O) groups is 1. The van der Waals surface area contributed by atoms with Crippen molar-refractivity contribution in [3.8, 4) is 0 Å². The van der Waals surface area contributed by atoms with E-state index in [2.05, 4.69) is 24.3 Å². The van der Waals surface area contributed by atoms with Crippen LogP contribution >= 0.6 is 0 Å². The summed E-state index contributed by atoms with van der Waals surface area (Å²) >= 11 is 0. The Bertz CT molecular complexity index is 603. The number of hydrogen-bond acceptors (Lipinski definition) is 1. The summed E-state index contributed by atoms with van der Waals surface area (Å²) in [6, 6.07) is 6.35. The van der Waals surface area contributed by atoms with Gasteiger partial charge in [0.25, 0.3) is 0 Å². The summed E-state index contributed by atoms with van der Waals surface area (Å²) in [5.74, 6) is 0. The van der Waals surface area contributed by atoms with E-state index in [1.54, 1.807) is 0 Å². The first-order valence-corrected chi connectivity index (χ1v) is 5.36. The molecule has 1 saturated carbocycles. The number of benzene rings is 1. The van der Waals surface area contributed by atoms with E-state index in [-0.39, 0.29) is 0 Å². The van der Waals surface area contributed by atoms with Crippen molar-refractivity contribution in [2.24, 2.45) is 0 Å². The van der Waals surface area contributed by atoms with Gasteiger partial charge in [-0.2, -0.15) is 0 Å². The van der Waals surface area contributed by atoms with Gasteiger partial charge in [-0.05, 0) is 51.6 Å². The molecule has 1 fully saturated rings. The van der Waals surface area contributed by atoms with Crippen molar-refractivity contribution < 1.29 is 4.79 Å². The number of carbonyl (C=O) groups excluding carboxylic acids is 1. The van der Waals surface area contributed by atoms with E-state index < -0.39 is 0 Å². The fraction of sp³-hybridized carbons (Fsp3) is 0.214. The second kappa shape index (κ2) is 2.93. The average molecular weight is 196 g/mol. The van der Waals surface area contributed by atoms with Crippen molar-refractivity contribution in [2.75, 3.05) is 0 Å². The third kappa shape index (κ3) is 1.19. The lowest BCUT2D eigenvalue weighted by atomic mass is 10.1. The average Bonchev–Trinajstić information content (AvgIpc) is 2.93. The SMILES string of the molecule is CCC(C=O)=c1ccc2c(c1)C=C1CC=21. The molecule has 3 rings (SSSR count). The second-order valence-corrected chi connectivity index (χ2v) is 4.12. The highest BCUT2D eigenvalue weighted by Crippen LogP contribution is 2.41. The minimum atomic E-state index is 0.801. The van der Waals surface area contributed by atoms with E-state index in [1.807, 2.05) is 6.92 Å². The van der Waals surface area contributed by atoms with Gasteiger partial charge in [-0.25, -0.2) is 0 Å². The summed E-state index contributed by atoms with van der Waals surface area (Å²) < 4.78 is 0. The lowest BCUT2D eigenvalue weighted by molar-refractivity contribution is -0.103. The van der Waals surface area contributed by atoms with Crippen molar-refractivity contribution in [1.29, 1.82) is 0 Å². The maximum Gasteiger partial charge on any atom is 0.146 e. The maximum atomic E-state index is 10.9. The van der Waals surface area contributed by atoms with Gasteiger partial charge in [-0.15, -0.1) is 0 Å². The summed E-state index contributed by atoms with van der Waals surface area (Å²) in [4.78, 5) is 10.9. The second-order valence-electron chi connectivity index (χ2n) is 4.12. The van der Waals surface area contributed by atoms with Gasteiger partial charge < -0.3 is 0 Å². The van der Waals surface area contributed by atoms with Crippen molar-refractivity contribution in [3.05, 3.63) is 39.8 Å². The Hall–Kier alpha value is -1.63. The highest BCUT2D eigenvalue weighted by atomic mass is 16.1. The van der Waals surface area contributed by atoms with Gasteiger partial charge >= 0.3 is 0 Å². The van der Waals surface area contributed by atoms with Crippen LogP contribution in [-0.4, -0.2) is 6.29 Å². The number of hydrogen-bond donors (Lipinski definition) is 0. The van der Waals surface area contributed by atoms with E-state index in [1.165, 1.54) is 28.3 Å². The quantitative estimate of drug-likeness (QED) is 0.653. The van der Waals surface area contributed by atoms with Crippen LogP contribution in [0.4, 0.5) is 0 Å². The molecule has 0 N–H and O–H groups in total. The van der Waals surface area contributed by atoms with Crippen LogP contribution in [0.2, 0.25) is 0 Å². The van der Waals surface area contributed by atoms with E-state index in [0.717, 1.165) is 23.5 Å². The molecule has 0 aliphatic heterocycles. The topological polar surface area (TPSA) is 17.1 Å². The zero-order chi connectivity index (χ0) is 10.4. The molecule has 74 valence electrons. The van der Waals surface area contributed by atoms with Gasteiger partial charge in [0.1, 0.15) is 6.29 Å². The Morgan fingerprint density at radius 3 is 3.07 bits per heavy atom. The third-order valence-electron chi connectivity index (χ3n) is 3.23. The summed E-state index contributed by atoms with van der Waals surface area (Å²) in [7, 11) is 0. The lowest BCUT2D eigenvalue weighted by Gasteiger charge is -1.97. The highest BCUT2D eigenvalue weighted by Gasteiger charge is 2.26. The molecule has 0 unspecified atom stereocenters. The van der Waals surface area contributed by atoms with E-state index in [4.69, 9.17) is 0 Å². The van der Waals surface area contributed by atoms with Crippen LogP contribution in [0.25, 0.3) is 17.2 Å². The van der Waals surface area contributed by atoms with Crippen molar-refractivity contribution in [2.45, 2.75) is 19.8 Å². The van der Waals surface area contributed by atoms with Crippen LogP contribution in [0.3, 0.4) is 0 Å². The Morgan fingerprint density at radius 2 is 2.33 bits per heavy atom. The number of fused-ring (bicyclic) bond motifs is 2. The molecule has 0 amide bonds. The van der Waals surface area contributed by atoms with Gasteiger partial charge in [-0.1, -0.05) is 25.1 Å². The zero-order valence-corrected chi connectivity index (χ0v) is 8.71. The van der Waals surface area contributed by atoms with Crippen LogP contribution in [0, 0.1) is 0 Å². The lowest BCUT2D eigenvalue weighted by Crippen LogP contribution is -2.14. The number of rotatable bonds is 2. The molecular formula is C14H12O. The standard InChI is InChI=1S/C14H12O/c1-2-9(8-15)10-3-4-13-11(5-10)6-12-7-14(12)13/h3-6,8H,2,7H2,1H3. The minimum absolute atomic E-state index is 0.801. The molecule has 2 aliphatic carbocycles. The fourth-order valence-electron chi connectivity index (χ4n) is 2.25. The molecule has 1 aromatic carbocycles. The Morgan fingerprint density at radius 1 is 1.47 bits per heavy atom. The molecule has 1 heteroatoms. The predicted octanol–water partition coefficient (Wildman–Crippen LogP) is 1.40. The molecule has 0 saturated heterocycles. The summed E-state index contributed by atoms with van der Waals surface area (Å²) in [5, 5.41) is 2.44. The first-order chi connectivity index (χ1) is 7.33. The van der Waals surface area contributed by atoms with Gasteiger partial charge in [0.05, 0.1) is 0 Å². The van der Waals surface area contributed by atoms with E-state index >= 15 is 0 Å². The van der Waals surface area contributed by atoms with Gasteiger partial charge in [-0.3, -0.25) is 4.79 Å². The van der Waals surface area contributed by atoms with Crippen molar-refractivity contribution in [3.63, 3.8) is 0 Å². The first-order valence-electron chi connectivity index (χ1n) is 5.36. The Labute approximate surface area is 88.4 Å². The van der Waals surface area contributed by atoms with Crippen LogP contribution in [0.15, 0.2) is 23.8 Å². The van der Waals surface area contributed by atoms with Gasteiger partial charge in [0.2, 0.25) is 0 Å². The molecule has 0 atom stereocenters. The van der Waals surface area contributed by atoms with Gasteiger partial charge in [0.15, 0.2) is 0 Å². The highest BCUT2D eigenvalue weighted by molar-refractivity contribution is 5.99. The molecule has 0 spiro atoms. The third-order valence-corrected chi connectivity index (χ3v) is 3.23. The fourth-order valence-corrected chi connectivity index (χ4v) is 2.25. The molecule has 0 bridgehead atoms. The van der Waals surface area contributed by atoms with E-state index in [9.17, 15) is 4.79 Å². The molecule has 0 aromatic heterocycles. The summed E-state index contributed by atoms with van der Waals surface area (Å²) in [6.07, 6.45) is 5.18. The zero-order valence-electron chi connectivity index (χ0n) is 8.71. The van der Waals surface area contributed by atoms with Crippen LogP contribution in [-0.2, 0) is 4.79 Å². The maximum absolute atomic E-state index is 10.9. The van der Waals surface area contributed by atoms with Crippen LogP contribution < -0.4 is 10.4 Å². The summed E-state index contributed by atoms with van der Waals surface area (Å²) in [6.45, 7) is 2.02. The molecule has 0 heterocycles. The minimum Gasteiger partial charge on any atom is -0.298 e. The molecule has 1 nitrogen and oxygen atoms in total. The molecule has 1 aromatic rings. The Kier molecular flexibility index (Phi) is 1.69.